The maximum absolute atomic E-state index is 12.7. The van der Waals surface area contributed by atoms with Crippen molar-refractivity contribution < 1.29 is 21.6 Å². The molecule has 0 fully saturated rings. The standard InChI is InChI=1S/C25H29N3O5S2/c1-19-10-14-22(15-11-19)28(34(3,30)31)18-6-9-25(29)26-21-12-16-23(17-13-21)35(32,33)27-24-8-5-4-7-20(24)2/h4-5,7-8,10-17,27H,6,9,18H2,1-3H3,(H,26,29). The van der Waals surface area contributed by atoms with Gasteiger partial charge >= 0.3 is 0 Å². The van der Waals surface area contributed by atoms with E-state index in [1.54, 1.807) is 24.3 Å². The Hall–Kier alpha value is -3.37. The molecule has 3 aromatic carbocycles. The molecule has 0 bridgehead atoms. The van der Waals surface area contributed by atoms with Crippen molar-refractivity contribution in [3.05, 3.63) is 83.9 Å². The average molecular weight is 516 g/mol. The molecule has 35 heavy (non-hydrogen) atoms. The molecule has 3 aromatic rings. The van der Waals surface area contributed by atoms with Gasteiger partial charge in [-0.1, -0.05) is 35.9 Å². The van der Waals surface area contributed by atoms with Crippen LogP contribution in [0.4, 0.5) is 17.1 Å². The third kappa shape index (κ3) is 7.30. The van der Waals surface area contributed by atoms with Crippen LogP contribution in [0.25, 0.3) is 0 Å². The molecule has 0 saturated heterocycles. The van der Waals surface area contributed by atoms with Gasteiger partial charge in [-0.3, -0.25) is 13.8 Å². The molecule has 0 radical (unpaired) electrons. The Morgan fingerprint density at radius 1 is 0.857 bits per heavy atom. The maximum Gasteiger partial charge on any atom is 0.261 e. The number of hydrogen-bond donors (Lipinski definition) is 2. The maximum atomic E-state index is 12.7. The minimum Gasteiger partial charge on any atom is -0.326 e. The predicted molar refractivity (Wildman–Crippen MR) is 140 cm³/mol. The Kier molecular flexibility index (Phi) is 8.18. The summed E-state index contributed by atoms with van der Waals surface area (Å²) in [6, 6.07) is 20.1. The Morgan fingerprint density at radius 2 is 1.49 bits per heavy atom. The minimum absolute atomic E-state index is 0.0700. The molecular formula is C25H29N3O5S2. The third-order valence-electron chi connectivity index (χ3n) is 5.33. The van der Waals surface area contributed by atoms with Gasteiger partial charge in [0.15, 0.2) is 0 Å². The summed E-state index contributed by atoms with van der Waals surface area (Å²) in [4.78, 5) is 12.4. The van der Waals surface area contributed by atoms with Crippen molar-refractivity contribution in [2.75, 3.05) is 27.1 Å². The molecule has 0 unspecified atom stereocenters. The van der Waals surface area contributed by atoms with E-state index in [1.807, 2.05) is 38.1 Å². The van der Waals surface area contributed by atoms with Crippen molar-refractivity contribution in [3.8, 4) is 0 Å². The Bertz CT molecular complexity index is 1390. The molecule has 0 heterocycles. The molecule has 0 aliphatic rings. The summed E-state index contributed by atoms with van der Waals surface area (Å²) in [7, 11) is -7.27. The second-order valence-corrected chi connectivity index (χ2v) is 11.9. The first kappa shape index (κ1) is 26.2. The third-order valence-corrected chi connectivity index (χ3v) is 7.90. The Labute approximate surface area is 207 Å². The molecule has 10 heteroatoms. The van der Waals surface area contributed by atoms with Crippen LogP contribution in [-0.2, 0) is 24.8 Å². The van der Waals surface area contributed by atoms with Gasteiger partial charge in [0.2, 0.25) is 15.9 Å². The van der Waals surface area contributed by atoms with Crippen LogP contribution < -0.4 is 14.3 Å². The monoisotopic (exact) mass is 515 g/mol. The molecule has 0 aliphatic carbocycles. The lowest BCUT2D eigenvalue weighted by Gasteiger charge is -2.22. The van der Waals surface area contributed by atoms with Gasteiger partial charge in [0, 0.05) is 18.7 Å². The molecule has 0 spiro atoms. The summed E-state index contributed by atoms with van der Waals surface area (Å²) in [5, 5.41) is 2.72. The van der Waals surface area contributed by atoms with Crippen LogP contribution in [0, 0.1) is 13.8 Å². The number of para-hydroxylation sites is 1. The largest absolute Gasteiger partial charge is 0.326 e. The van der Waals surface area contributed by atoms with Crippen molar-refractivity contribution in [3.63, 3.8) is 0 Å². The van der Waals surface area contributed by atoms with E-state index in [0.717, 1.165) is 17.4 Å². The van der Waals surface area contributed by atoms with Crippen LogP contribution in [0.1, 0.15) is 24.0 Å². The van der Waals surface area contributed by atoms with Crippen LogP contribution >= 0.6 is 0 Å². The normalized spacial score (nSPS) is 11.6. The highest BCUT2D eigenvalue weighted by atomic mass is 32.2. The van der Waals surface area contributed by atoms with Gasteiger partial charge in [-0.2, -0.15) is 0 Å². The molecule has 0 aromatic heterocycles. The summed E-state index contributed by atoms with van der Waals surface area (Å²) in [6.45, 7) is 3.89. The minimum atomic E-state index is -3.77. The van der Waals surface area contributed by atoms with E-state index < -0.39 is 20.0 Å². The van der Waals surface area contributed by atoms with Crippen molar-refractivity contribution in [2.24, 2.45) is 0 Å². The second-order valence-electron chi connectivity index (χ2n) is 8.27. The molecule has 3 rings (SSSR count). The highest BCUT2D eigenvalue weighted by molar-refractivity contribution is 7.92. The first-order valence-electron chi connectivity index (χ1n) is 11.0. The van der Waals surface area contributed by atoms with Crippen molar-refractivity contribution in [1.29, 1.82) is 0 Å². The number of nitrogens with zero attached hydrogens (tertiary/aromatic N) is 1. The highest BCUT2D eigenvalue weighted by Crippen LogP contribution is 2.21. The highest BCUT2D eigenvalue weighted by Gasteiger charge is 2.18. The number of amides is 1. The lowest BCUT2D eigenvalue weighted by Crippen LogP contribution is -2.31. The Morgan fingerprint density at radius 3 is 2.09 bits per heavy atom. The van der Waals surface area contributed by atoms with Gasteiger partial charge in [-0.25, -0.2) is 16.8 Å². The number of aryl methyl sites for hydroxylation is 2. The number of carbonyl (C=O) groups is 1. The average Bonchev–Trinajstić information content (AvgIpc) is 2.78. The molecular weight excluding hydrogens is 486 g/mol. The fourth-order valence-electron chi connectivity index (χ4n) is 3.41. The quantitative estimate of drug-likeness (QED) is 0.418. The van der Waals surface area contributed by atoms with Crippen LogP contribution in [-0.4, -0.2) is 35.5 Å². The van der Waals surface area contributed by atoms with E-state index >= 15 is 0 Å². The second kappa shape index (κ2) is 10.9. The van der Waals surface area contributed by atoms with E-state index in [9.17, 15) is 21.6 Å². The number of rotatable bonds is 10. The van der Waals surface area contributed by atoms with E-state index in [0.29, 0.717) is 23.5 Å². The van der Waals surface area contributed by atoms with Crippen molar-refractivity contribution in [2.45, 2.75) is 31.6 Å². The molecule has 0 saturated carbocycles. The number of nitrogens with one attached hydrogen (secondary N) is 2. The molecule has 1 amide bonds. The van der Waals surface area contributed by atoms with Crippen LogP contribution in [0.3, 0.4) is 0 Å². The summed E-state index contributed by atoms with van der Waals surface area (Å²) >= 11 is 0. The number of sulfonamides is 2. The van der Waals surface area contributed by atoms with E-state index in [4.69, 9.17) is 0 Å². The summed E-state index contributed by atoms with van der Waals surface area (Å²) in [5.41, 5.74) is 3.32. The van der Waals surface area contributed by atoms with E-state index in [-0.39, 0.29) is 23.8 Å². The van der Waals surface area contributed by atoms with Gasteiger partial charge in [0.1, 0.15) is 0 Å². The van der Waals surface area contributed by atoms with Gasteiger partial charge in [0.05, 0.1) is 22.5 Å². The summed E-state index contributed by atoms with van der Waals surface area (Å²) in [5.74, 6) is -0.295. The zero-order valence-electron chi connectivity index (χ0n) is 19.9. The van der Waals surface area contributed by atoms with Crippen molar-refractivity contribution in [1.82, 2.24) is 0 Å². The van der Waals surface area contributed by atoms with Crippen LogP contribution in [0.2, 0.25) is 0 Å². The summed E-state index contributed by atoms with van der Waals surface area (Å²) in [6.07, 6.45) is 1.56. The summed E-state index contributed by atoms with van der Waals surface area (Å²) < 4.78 is 53.6. The fraction of sp³-hybridized carbons (Fsp3) is 0.240. The lowest BCUT2D eigenvalue weighted by atomic mass is 10.2. The SMILES string of the molecule is Cc1ccc(N(CCCC(=O)Nc2ccc(S(=O)(=O)Nc3ccccc3C)cc2)S(C)(=O)=O)cc1. The Balaban J connectivity index is 1.57. The van der Waals surface area contributed by atoms with E-state index in [2.05, 4.69) is 10.0 Å². The van der Waals surface area contributed by atoms with Crippen molar-refractivity contribution >= 4 is 43.0 Å². The number of anilines is 3. The smallest absolute Gasteiger partial charge is 0.261 e. The first-order valence-corrected chi connectivity index (χ1v) is 14.3. The van der Waals surface area contributed by atoms with E-state index in [1.165, 1.54) is 28.6 Å². The first-order chi connectivity index (χ1) is 16.5. The predicted octanol–water partition coefficient (Wildman–Crippen LogP) is 4.29. The number of carbonyl (C=O) groups excluding carboxylic acids is 1. The molecule has 0 aliphatic heterocycles. The molecule has 8 nitrogen and oxygen atoms in total. The van der Waals surface area contributed by atoms with Gasteiger partial charge in [-0.05, 0) is 68.3 Å². The van der Waals surface area contributed by atoms with Gasteiger partial charge < -0.3 is 5.32 Å². The van der Waals surface area contributed by atoms with Crippen LogP contribution in [0.5, 0.6) is 0 Å². The fourth-order valence-corrected chi connectivity index (χ4v) is 5.51. The van der Waals surface area contributed by atoms with Crippen LogP contribution in [0.15, 0.2) is 77.7 Å². The molecule has 186 valence electrons. The molecule has 2 N–H and O–H groups in total. The van der Waals surface area contributed by atoms with Gasteiger partial charge in [-0.15, -0.1) is 0 Å². The molecule has 0 atom stereocenters. The topological polar surface area (TPSA) is 113 Å². The zero-order valence-corrected chi connectivity index (χ0v) is 21.5. The zero-order chi connectivity index (χ0) is 25.6. The van der Waals surface area contributed by atoms with Gasteiger partial charge in [0.25, 0.3) is 10.0 Å². The number of benzene rings is 3. The lowest BCUT2D eigenvalue weighted by molar-refractivity contribution is -0.116. The number of hydrogen-bond acceptors (Lipinski definition) is 5.